The van der Waals surface area contributed by atoms with Gasteiger partial charge in [0.25, 0.3) is 0 Å². The van der Waals surface area contributed by atoms with Crippen molar-refractivity contribution in [3.63, 3.8) is 0 Å². The maximum atomic E-state index is 10.5. The molecule has 2 N–H and O–H groups in total. The average Bonchev–Trinajstić information content (AvgIpc) is 3.06. The van der Waals surface area contributed by atoms with Gasteiger partial charge >= 0.3 is 0 Å². The van der Waals surface area contributed by atoms with E-state index in [9.17, 15) is 5.11 Å². The first-order valence-electron chi connectivity index (χ1n) is 7.92. The molecule has 1 heterocycles. The highest BCUT2D eigenvalue weighted by molar-refractivity contribution is 6.30. The highest BCUT2D eigenvalue weighted by Gasteiger charge is 2.26. The maximum Gasteiger partial charge on any atom is 0.194 e. The number of hydrogen-bond donors (Lipinski definition) is 2. The summed E-state index contributed by atoms with van der Waals surface area (Å²) < 4.78 is 5.29. The maximum absolute atomic E-state index is 10.5. The molecule has 6 heteroatoms. The molecule has 0 aliphatic rings. The molecule has 0 spiro atoms. The summed E-state index contributed by atoms with van der Waals surface area (Å²) in [5.74, 6) is 1.21. The second-order valence-corrected chi connectivity index (χ2v) is 6.34. The molecule has 0 fully saturated rings. The van der Waals surface area contributed by atoms with E-state index < -0.39 is 5.60 Å². The molecule has 0 amide bonds. The summed E-state index contributed by atoms with van der Waals surface area (Å²) in [4.78, 5) is 6.54. The van der Waals surface area contributed by atoms with Crippen LogP contribution in [-0.2, 0) is 12.1 Å². The van der Waals surface area contributed by atoms with E-state index in [0.717, 1.165) is 12.1 Å². The highest BCUT2D eigenvalue weighted by Crippen LogP contribution is 2.21. The Hall–Kier alpha value is -1.98. The fourth-order valence-electron chi connectivity index (χ4n) is 2.35. The van der Waals surface area contributed by atoms with Gasteiger partial charge in [-0.05, 0) is 43.7 Å². The minimum atomic E-state index is -1.15. The van der Waals surface area contributed by atoms with Crippen LogP contribution in [0.4, 0.5) is 0 Å². The van der Waals surface area contributed by atoms with Crippen LogP contribution in [0.3, 0.4) is 0 Å². The third kappa shape index (κ3) is 5.01. The Morgan fingerprint density at radius 2 is 2.17 bits per heavy atom. The lowest BCUT2D eigenvalue weighted by molar-refractivity contribution is 0.0435. The standard InChI is InChI=1S/C18H24ClN3O2/c1-4-20-17(21-13-18(2,23)16-9-6-10-24-16)22(3)12-14-7-5-8-15(19)11-14/h5-11,23H,4,12-13H2,1-3H3,(H,20,21). The van der Waals surface area contributed by atoms with Crippen molar-refractivity contribution in [2.75, 3.05) is 20.1 Å². The summed E-state index contributed by atoms with van der Waals surface area (Å²) >= 11 is 6.04. The Balaban J connectivity index is 2.09. The van der Waals surface area contributed by atoms with Crippen LogP contribution in [-0.4, -0.2) is 36.1 Å². The SMILES string of the molecule is CCNC(=NCC(C)(O)c1ccco1)N(C)Cc1cccc(Cl)c1. The van der Waals surface area contributed by atoms with E-state index in [-0.39, 0.29) is 6.54 Å². The second kappa shape index (κ2) is 8.22. The van der Waals surface area contributed by atoms with Crippen LogP contribution in [0.15, 0.2) is 52.1 Å². The van der Waals surface area contributed by atoms with Gasteiger partial charge in [0.2, 0.25) is 0 Å². The number of hydrogen-bond acceptors (Lipinski definition) is 3. The Morgan fingerprint density at radius 1 is 1.38 bits per heavy atom. The molecule has 24 heavy (non-hydrogen) atoms. The summed E-state index contributed by atoms with van der Waals surface area (Å²) in [6.07, 6.45) is 1.55. The number of aliphatic imine (C=N–C) groups is 1. The van der Waals surface area contributed by atoms with Crippen LogP contribution in [0.1, 0.15) is 25.2 Å². The number of benzene rings is 1. The molecule has 0 aliphatic carbocycles. The third-order valence-corrected chi connectivity index (χ3v) is 3.83. The largest absolute Gasteiger partial charge is 0.466 e. The summed E-state index contributed by atoms with van der Waals surface area (Å²) in [6, 6.07) is 11.2. The van der Waals surface area contributed by atoms with Gasteiger partial charge in [0.05, 0.1) is 12.8 Å². The summed E-state index contributed by atoms with van der Waals surface area (Å²) in [5, 5.41) is 14.5. The number of aliphatic hydroxyl groups is 1. The first-order chi connectivity index (χ1) is 11.4. The van der Waals surface area contributed by atoms with E-state index in [4.69, 9.17) is 16.0 Å². The molecular weight excluding hydrogens is 326 g/mol. The minimum absolute atomic E-state index is 0.197. The molecule has 0 saturated heterocycles. The van der Waals surface area contributed by atoms with Crippen LogP contribution in [0.2, 0.25) is 5.02 Å². The number of halogens is 1. The van der Waals surface area contributed by atoms with Crippen molar-refractivity contribution in [3.8, 4) is 0 Å². The van der Waals surface area contributed by atoms with E-state index in [0.29, 0.717) is 23.3 Å². The smallest absolute Gasteiger partial charge is 0.194 e. The van der Waals surface area contributed by atoms with Crippen molar-refractivity contribution in [2.24, 2.45) is 4.99 Å². The van der Waals surface area contributed by atoms with Crippen LogP contribution >= 0.6 is 11.6 Å². The summed E-state index contributed by atoms with van der Waals surface area (Å²) in [7, 11) is 1.95. The molecule has 1 unspecified atom stereocenters. The third-order valence-electron chi connectivity index (χ3n) is 3.59. The van der Waals surface area contributed by atoms with Gasteiger partial charge < -0.3 is 19.7 Å². The zero-order valence-electron chi connectivity index (χ0n) is 14.3. The van der Waals surface area contributed by atoms with E-state index in [1.54, 1.807) is 25.3 Å². The van der Waals surface area contributed by atoms with E-state index in [1.165, 1.54) is 0 Å². The quantitative estimate of drug-likeness (QED) is 0.621. The molecule has 2 aromatic rings. The lowest BCUT2D eigenvalue weighted by Crippen LogP contribution is -2.39. The van der Waals surface area contributed by atoms with Gasteiger partial charge in [-0.3, -0.25) is 0 Å². The Morgan fingerprint density at radius 3 is 2.79 bits per heavy atom. The molecule has 1 aromatic carbocycles. The minimum Gasteiger partial charge on any atom is -0.466 e. The predicted molar refractivity (Wildman–Crippen MR) is 97.2 cm³/mol. The number of nitrogens with zero attached hydrogens (tertiary/aromatic N) is 2. The molecule has 0 radical (unpaired) electrons. The first kappa shape index (κ1) is 18.4. The van der Waals surface area contributed by atoms with E-state index in [1.807, 2.05) is 43.1 Å². The number of nitrogens with one attached hydrogen (secondary N) is 1. The Bertz CT molecular complexity index is 669. The Labute approximate surface area is 148 Å². The van der Waals surface area contributed by atoms with Gasteiger partial charge in [-0.15, -0.1) is 0 Å². The predicted octanol–water partition coefficient (Wildman–Crippen LogP) is 3.24. The number of guanidine groups is 1. The molecule has 5 nitrogen and oxygen atoms in total. The van der Waals surface area contributed by atoms with Gasteiger partial charge in [0.15, 0.2) is 5.96 Å². The van der Waals surface area contributed by atoms with Crippen molar-refractivity contribution in [3.05, 3.63) is 59.0 Å². The van der Waals surface area contributed by atoms with Crippen molar-refractivity contribution in [1.29, 1.82) is 0 Å². The normalized spacial score (nSPS) is 14.3. The van der Waals surface area contributed by atoms with Crippen molar-refractivity contribution < 1.29 is 9.52 Å². The van der Waals surface area contributed by atoms with Gasteiger partial charge in [0, 0.05) is 25.2 Å². The van der Waals surface area contributed by atoms with E-state index >= 15 is 0 Å². The molecular formula is C18H24ClN3O2. The van der Waals surface area contributed by atoms with Crippen LogP contribution < -0.4 is 5.32 Å². The van der Waals surface area contributed by atoms with Gasteiger partial charge in [-0.1, -0.05) is 23.7 Å². The van der Waals surface area contributed by atoms with Crippen molar-refractivity contribution in [1.82, 2.24) is 10.2 Å². The second-order valence-electron chi connectivity index (χ2n) is 5.91. The number of rotatable bonds is 6. The lowest BCUT2D eigenvalue weighted by atomic mass is 10.0. The van der Waals surface area contributed by atoms with E-state index in [2.05, 4.69) is 10.3 Å². The molecule has 130 valence electrons. The van der Waals surface area contributed by atoms with Gasteiger partial charge in [-0.25, -0.2) is 4.99 Å². The number of furan rings is 1. The topological polar surface area (TPSA) is 61.0 Å². The zero-order chi connectivity index (χ0) is 17.6. The zero-order valence-corrected chi connectivity index (χ0v) is 15.0. The van der Waals surface area contributed by atoms with Gasteiger partial charge in [0.1, 0.15) is 11.4 Å². The van der Waals surface area contributed by atoms with Crippen molar-refractivity contribution in [2.45, 2.75) is 26.0 Å². The molecule has 2 rings (SSSR count). The average molecular weight is 350 g/mol. The van der Waals surface area contributed by atoms with Gasteiger partial charge in [-0.2, -0.15) is 0 Å². The molecule has 1 aromatic heterocycles. The lowest BCUT2D eigenvalue weighted by Gasteiger charge is -2.24. The van der Waals surface area contributed by atoms with Crippen LogP contribution in [0.25, 0.3) is 0 Å². The Kier molecular flexibility index (Phi) is 6.29. The first-order valence-corrected chi connectivity index (χ1v) is 8.30. The van der Waals surface area contributed by atoms with Crippen LogP contribution in [0, 0.1) is 0 Å². The highest BCUT2D eigenvalue weighted by atomic mass is 35.5. The fraction of sp³-hybridized carbons (Fsp3) is 0.389. The van der Waals surface area contributed by atoms with Crippen molar-refractivity contribution >= 4 is 17.6 Å². The molecule has 0 aliphatic heterocycles. The molecule has 0 saturated carbocycles. The van der Waals surface area contributed by atoms with Crippen LogP contribution in [0.5, 0.6) is 0 Å². The summed E-state index contributed by atoms with van der Waals surface area (Å²) in [5.41, 5.74) is -0.0606. The summed E-state index contributed by atoms with van der Waals surface area (Å²) in [6.45, 7) is 5.29. The monoisotopic (exact) mass is 349 g/mol. The molecule has 0 bridgehead atoms. The fourth-order valence-corrected chi connectivity index (χ4v) is 2.56. The molecule has 1 atom stereocenters.